The van der Waals surface area contributed by atoms with Crippen molar-refractivity contribution in [3.8, 4) is 5.75 Å². The predicted molar refractivity (Wildman–Crippen MR) is 148 cm³/mol. The molecule has 1 N–H and O–H groups in total. The van der Waals surface area contributed by atoms with Crippen LogP contribution in [-0.4, -0.2) is 34.9 Å². The van der Waals surface area contributed by atoms with Crippen molar-refractivity contribution >= 4 is 40.5 Å². The van der Waals surface area contributed by atoms with Gasteiger partial charge in [-0.15, -0.1) is 0 Å². The maximum absolute atomic E-state index is 13.6. The summed E-state index contributed by atoms with van der Waals surface area (Å²) in [6.07, 6.45) is 8.08. The number of aryl methyl sites for hydroxylation is 1. The highest BCUT2D eigenvalue weighted by Gasteiger charge is 2.35. The number of carbonyl (C=O) groups excluding carboxylic acids is 2. The molecule has 7 heteroatoms. The number of amidine groups is 1. The Labute approximate surface area is 218 Å². The van der Waals surface area contributed by atoms with Gasteiger partial charge in [-0.3, -0.25) is 14.5 Å². The average Bonchev–Trinajstić information content (AvgIpc) is 3.19. The van der Waals surface area contributed by atoms with E-state index in [4.69, 9.17) is 9.73 Å². The standard InChI is InChI=1S/C29H35N3O3S/c1-4-26(27(33)30-22-9-7-6-8-10-22)36-29-31-25(19-21-13-11-20(3)12-14-21)28(34)32(29)23-15-17-24(18-16-23)35-5-2/h11-19,22,26H,4-10H2,1-3H3,(H,30,33)/b25-19-. The number of amides is 2. The van der Waals surface area contributed by atoms with Crippen LogP contribution in [0.25, 0.3) is 6.08 Å². The van der Waals surface area contributed by atoms with E-state index < -0.39 is 0 Å². The van der Waals surface area contributed by atoms with Crippen molar-refractivity contribution in [3.63, 3.8) is 0 Å². The van der Waals surface area contributed by atoms with E-state index in [0.717, 1.165) is 42.6 Å². The first-order valence-electron chi connectivity index (χ1n) is 12.9. The summed E-state index contributed by atoms with van der Waals surface area (Å²) in [5, 5.41) is 3.43. The van der Waals surface area contributed by atoms with E-state index in [1.807, 2.05) is 69.3 Å². The second kappa shape index (κ2) is 12.3. The third-order valence-corrected chi connectivity index (χ3v) is 7.80. The number of anilines is 1. The molecule has 0 saturated heterocycles. The number of thioether (sulfide) groups is 1. The van der Waals surface area contributed by atoms with E-state index in [9.17, 15) is 9.59 Å². The molecule has 1 unspecified atom stereocenters. The smallest absolute Gasteiger partial charge is 0.283 e. The van der Waals surface area contributed by atoms with Crippen LogP contribution >= 0.6 is 11.8 Å². The van der Waals surface area contributed by atoms with E-state index in [0.29, 0.717) is 29.6 Å². The zero-order chi connectivity index (χ0) is 25.5. The van der Waals surface area contributed by atoms with Crippen LogP contribution in [-0.2, 0) is 9.59 Å². The molecule has 2 aromatic rings. The molecule has 2 aliphatic rings. The highest BCUT2D eigenvalue weighted by Crippen LogP contribution is 2.33. The molecule has 2 amide bonds. The van der Waals surface area contributed by atoms with Gasteiger partial charge in [0.2, 0.25) is 5.91 Å². The Morgan fingerprint density at radius 2 is 1.81 bits per heavy atom. The minimum Gasteiger partial charge on any atom is -0.494 e. The summed E-state index contributed by atoms with van der Waals surface area (Å²) in [4.78, 5) is 33.0. The quantitative estimate of drug-likeness (QED) is 0.440. The summed E-state index contributed by atoms with van der Waals surface area (Å²) in [6, 6.07) is 15.6. The number of benzene rings is 2. The fourth-order valence-electron chi connectivity index (χ4n) is 4.47. The zero-order valence-corrected chi connectivity index (χ0v) is 22.1. The highest BCUT2D eigenvalue weighted by molar-refractivity contribution is 8.15. The Kier molecular flexibility index (Phi) is 8.86. The maximum Gasteiger partial charge on any atom is 0.283 e. The molecule has 1 atom stereocenters. The van der Waals surface area contributed by atoms with Gasteiger partial charge in [0.05, 0.1) is 17.5 Å². The number of nitrogens with zero attached hydrogens (tertiary/aromatic N) is 2. The topological polar surface area (TPSA) is 71.0 Å². The van der Waals surface area contributed by atoms with Crippen molar-refractivity contribution in [3.05, 3.63) is 65.4 Å². The number of aliphatic imine (C=N–C) groups is 1. The molecule has 6 nitrogen and oxygen atoms in total. The van der Waals surface area contributed by atoms with Crippen molar-refractivity contribution < 1.29 is 14.3 Å². The largest absolute Gasteiger partial charge is 0.494 e. The summed E-state index contributed by atoms with van der Waals surface area (Å²) in [6.45, 7) is 6.54. The first-order valence-corrected chi connectivity index (χ1v) is 13.8. The lowest BCUT2D eigenvalue weighted by Crippen LogP contribution is -2.42. The fraction of sp³-hybridized carbons (Fsp3) is 0.414. The molecule has 0 aromatic heterocycles. The van der Waals surface area contributed by atoms with Gasteiger partial charge in [-0.1, -0.05) is 67.8 Å². The number of ether oxygens (including phenoxy) is 1. The van der Waals surface area contributed by atoms with Crippen LogP contribution in [0.15, 0.2) is 59.2 Å². The molecule has 36 heavy (non-hydrogen) atoms. The molecule has 190 valence electrons. The van der Waals surface area contributed by atoms with Gasteiger partial charge in [-0.25, -0.2) is 4.99 Å². The second-order valence-corrected chi connectivity index (χ2v) is 10.4. The Morgan fingerprint density at radius 3 is 2.44 bits per heavy atom. The lowest BCUT2D eigenvalue weighted by Gasteiger charge is -2.26. The third-order valence-electron chi connectivity index (χ3n) is 6.48. The van der Waals surface area contributed by atoms with E-state index in [1.165, 1.54) is 18.2 Å². The summed E-state index contributed by atoms with van der Waals surface area (Å²) in [5.41, 5.74) is 3.12. The van der Waals surface area contributed by atoms with E-state index in [2.05, 4.69) is 5.32 Å². The monoisotopic (exact) mass is 505 g/mol. The number of hydrogen-bond donors (Lipinski definition) is 1. The molecule has 1 aliphatic carbocycles. The molecule has 1 aliphatic heterocycles. The third kappa shape index (κ3) is 6.38. The summed E-state index contributed by atoms with van der Waals surface area (Å²) in [7, 11) is 0. The number of carbonyl (C=O) groups is 2. The van der Waals surface area contributed by atoms with Gasteiger partial charge >= 0.3 is 0 Å². The molecule has 2 aromatic carbocycles. The molecule has 1 saturated carbocycles. The minimum atomic E-state index is -0.331. The van der Waals surface area contributed by atoms with E-state index in [1.54, 1.807) is 11.0 Å². The Balaban J connectivity index is 1.60. The van der Waals surface area contributed by atoms with Crippen molar-refractivity contribution in [2.75, 3.05) is 11.5 Å². The van der Waals surface area contributed by atoms with Gasteiger partial charge in [-0.2, -0.15) is 0 Å². The number of nitrogens with one attached hydrogen (secondary N) is 1. The Bertz CT molecular complexity index is 1120. The fourth-order valence-corrected chi connectivity index (χ4v) is 5.51. The molecule has 0 radical (unpaired) electrons. The minimum absolute atomic E-state index is 0.0205. The van der Waals surface area contributed by atoms with Crippen molar-refractivity contribution in [2.45, 2.75) is 70.6 Å². The average molecular weight is 506 g/mol. The Hall–Kier alpha value is -3.06. The predicted octanol–water partition coefficient (Wildman–Crippen LogP) is 6.10. The molecule has 0 bridgehead atoms. The van der Waals surface area contributed by atoms with E-state index in [-0.39, 0.29) is 23.1 Å². The summed E-state index contributed by atoms with van der Waals surface area (Å²) >= 11 is 1.36. The highest BCUT2D eigenvalue weighted by atomic mass is 32.2. The SMILES string of the molecule is CCOc1ccc(N2C(=O)/C(=C/c3ccc(C)cc3)N=C2SC(CC)C(=O)NC2CCCCC2)cc1. The second-order valence-electron chi connectivity index (χ2n) is 9.26. The van der Waals surface area contributed by atoms with Crippen LogP contribution in [0.2, 0.25) is 0 Å². The first kappa shape index (κ1) is 26.0. The molecular weight excluding hydrogens is 470 g/mol. The molecule has 1 fully saturated rings. The lowest BCUT2D eigenvalue weighted by atomic mass is 9.95. The zero-order valence-electron chi connectivity index (χ0n) is 21.3. The van der Waals surface area contributed by atoms with Gasteiger partial charge in [-0.05, 0) is 69.0 Å². The molecule has 4 rings (SSSR count). The molecule has 0 spiro atoms. The number of hydrogen-bond acceptors (Lipinski definition) is 5. The van der Waals surface area contributed by atoms with Gasteiger partial charge in [0.25, 0.3) is 5.91 Å². The van der Waals surface area contributed by atoms with Crippen molar-refractivity contribution in [1.29, 1.82) is 0 Å². The number of rotatable bonds is 8. The van der Waals surface area contributed by atoms with Gasteiger partial charge < -0.3 is 10.1 Å². The maximum atomic E-state index is 13.6. The normalized spacial score (nSPS) is 18.3. The van der Waals surface area contributed by atoms with Crippen LogP contribution in [0.1, 0.15) is 63.5 Å². The summed E-state index contributed by atoms with van der Waals surface area (Å²) < 4.78 is 5.57. The van der Waals surface area contributed by atoms with Crippen LogP contribution < -0.4 is 15.0 Å². The van der Waals surface area contributed by atoms with Crippen LogP contribution in [0.3, 0.4) is 0 Å². The Morgan fingerprint density at radius 1 is 1.11 bits per heavy atom. The van der Waals surface area contributed by atoms with Gasteiger partial charge in [0.15, 0.2) is 5.17 Å². The van der Waals surface area contributed by atoms with Crippen LogP contribution in [0, 0.1) is 6.92 Å². The molecular formula is C29H35N3O3S. The van der Waals surface area contributed by atoms with Crippen molar-refractivity contribution in [2.24, 2.45) is 4.99 Å². The van der Waals surface area contributed by atoms with Gasteiger partial charge in [0, 0.05) is 6.04 Å². The van der Waals surface area contributed by atoms with Crippen LogP contribution in [0.4, 0.5) is 5.69 Å². The molecule has 1 heterocycles. The lowest BCUT2D eigenvalue weighted by molar-refractivity contribution is -0.121. The van der Waals surface area contributed by atoms with Crippen molar-refractivity contribution in [1.82, 2.24) is 5.32 Å². The van der Waals surface area contributed by atoms with Gasteiger partial charge in [0.1, 0.15) is 11.4 Å². The summed E-state index contributed by atoms with van der Waals surface area (Å²) in [5.74, 6) is 0.560. The van der Waals surface area contributed by atoms with E-state index >= 15 is 0 Å². The first-order chi connectivity index (χ1) is 17.5. The van der Waals surface area contributed by atoms with Crippen LogP contribution in [0.5, 0.6) is 5.75 Å².